The summed E-state index contributed by atoms with van der Waals surface area (Å²) < 4.78 is 0. The van der Waals surface area contributed by atoms with Crippen molar-refractivity contribution >= 4 is 0 Å². The Labute approximate surface area is 177 Å². The summed E-state index contributed by atoms with van der Waals surface area (Å²) in [6.45, 7) is 6.95. The third-order valence-corrected chi connectivity index (χ3v) is 6.32. The molecule has 0 heteroatoms. The molecule has 28 heavy (non-hydrogen) atoms. The van der Waals surface area contributed by atoms with Gasteiger partial charge in [-0.1, -0.05) is 129 Å². The molecule has 0 aliphatic heterocycles. The van der Waals surface area contributed by atoms with E-state index >= 15 is 0 Å². The lowest BCUT2D eigenvalue weighted by Gasteiger charge is -2.14. The van der Waals surface area contributed by atoms with E-state index in [1.54, 1.807) is 16.7 Å². The molecule has 0 amide bonds. The zero-order valence-electron chi connectivity index (χ0n) is 19.7. The molecule has 0 N–H and O–H groups in total. The second-order valence-electron chi connectivity index (χ2n) is 8.86. The van der Waals surface area contributed by atoms with Crippen LogP contribution in [0.25, 0.3) is 0 Å². The molecule has 0 radical (unpaired) electrons. The SMILES string of the molecule is CCCCCCCCCCc1cccc(CCCCCCCCCC)c1CC. The number of benzene rings is 1. The van der Waals surface area contributed by atoms with Gasteiger partial charge in [0.15, 0.2) is 0 Å². The van der Waals surface area contributed by atoms with Crippen LogP contribution in [0.3, 0.4) is 0 Å². The van der Waals surface area contributed by atoms with Crippen molar-refractivity contribution in [3.05, 3.63) is 34.9 Å². The highest BCUT2D eigenvalue weighted by atomic mass is 14.1. The van der Waals surface area contributed by atoms with Gasteiger partial charge < -0.3 is 0 Å². The van der Waals surface area contributed by atoms with Gasteiger partial charge in [-0.15, -0.1) is 0 Å². The Morgan fingerprint density at radius 1 is 0.464 bits per heavy atom. The summed E-state index contributed by atoms with van der Waals surface area (Å²) >= 11 is 0. The maximum Gasteiger partial charge on any atom is -0.0276 e. The second-order valence-corrected chi connectivity index (χ2v) is 8.86. The molecule has 0 saturated heterocycles. The number of hydrogen-bond donors (Lipinski definition) is 0. The normalized spacial score (nSPS) is 11.2. The van der Waals surface area contributed by atoms with Crippen LogP contribution in [0.1, 0.15) is 140 Å². The molecular weight excluding hydrogens is 336 g/mol. The summed E-state index contributed by atoms with van der Waals surface area (Å²) in [5, 5.41) is 0. The van der Waals surface area contributed by atoms with Crippen molar-refractivity contribution in [2.75, 3.05) is 0 Å². The fourth-order valence-corrected chi connectivity index (χ4v) is 4.51. The Hall–Kier alpha value is -0.780. The zero-order chi connectivity index (χ0) is 20.3. The Kier molecular flexibility index (Phi) is 16.5. The molecule has 0 nitrogen and oxygen atoms in total. The molecule has 0 fully saturated rings. The van der Waals surface area contributed by atoms with Crippen LogP contribution in [0, 0.1) is 0 Å². The Bertz CT molecular complexity index is 421. The molecule has 0 aromatic heterocycles. The monoisotopic (exact) mass is 386 g/mol. The lowest BCUT2D eigenvalue weighted by atomic mass is 9.92. The van der Waals surface area contributed by atoms with Gasteiger partial charge in [-0.05, 0) is 48.8 Å². The van der Waals surface area contributed by atoms with Crippen LogP contribution in [0.5, 0.6) is 0 Å². The highest BCUT2D eigenvalue weighted by molar-refractivity contribution is 5.35. The lowest BCUT2D eigenvalue weighted by Crippen LogP contribution is -2.00. The van der Waals surface area contributed by atoms with Crippen molar-refractivity contribution in [3.8, 4) is 0 Å². The smallest absolute Gasteiger partial charge is 0.0276 e. The van der Waals surface area contributed by atoms with Gasteiger partial charge in [0.25, 0.3) is 0 Å². The molecule has 0 atom stereocenters. The largest absolute Gasteiger partial charge is 0.0654 e. The first-order valence-corrected chi connectivity index (χ1v) is 12.9. The van der Waals surface area contributed by atoms with Crippen LogP contribution in [0.4, 0.5) is 0 Å². The summed E-state index contributed by atoms with van der Waals surface area (Å²) in [6.07, 6.45) is 26.5. The van der Waals surface area contributed by atoms with E-state index in [0.29, 0.717) is 0 Å². The molecule has 0 saturated carbocycles. The van der Waals surface area contributed by atoms with Gasteiger partial charge in [0.2, 0.25) is 0 Å². The Balaban J connectivity index is 2.25. The van der Waals surface area contributed by atoms with Crippen molar-refractivity contribution < 1.29 is 0 Å². The van der Waals surface area contributed by atoms with Crippen molar-refractivity contribution in [2.45, 2.75) is 143 Å². The van der Waals surface area contributed by atoms with Crippen LogP contribution in [-0.2, 0) is 19.3 Å². The summed E-state index contributed by atoms with van der Waals surface area (Å²) in [5.41, 5.74) is 4.96. The second kappa shape index (κ2) is 18.3. The fraction of sp³-hybridized carbons (Fsp3) is 0.786. The van der Waals surface area contributed by atoms with Gasteiger partial charge in [0.1, 0.15) is 0 Å². The summed E-state index contributed by atoms with van der Waals surface area (Å²) in [5.74, 6) is 0. The van der Waals surface area contributed by atoms with Gasteiger partial charge in [0.05, 0.1) is 0 Å². The average Bonchev–Trinajstić information content (AvgIpc) is 2.72. The summed E-state index contributed by atoms with van der Waals surface area (Å²) in [4.78, 5) is 0. The van der Waals surface area contributed by atoms with E-state index in [9.17, 15) is 0 Å². The maximum absolute atomic E-state index is 2.40. The number of aryl methyl sites for hydroxylation is 2. The molecule has 162 valence electrons. The Morgan fingerprint density at radius 3 is 1.18 bits per heavy atom. The number of rotatable bonds is 19. The molecule has 1 aromatic carbocycles. The van der Waals surface area contributed by atoms with Crippen molar-refractivity contribution in [1.29, 1.82) is 0 Å². The maximum atomic E-state index is 2.40. The van der Waals surface area contributed by atoms with Crippen LogP contribution in [0.15, 0.2) is 18.2 Å². The molecule has 1 rings (SSSR count). The third kappa shape index (κ3) is 11.9. The molecular formula is C28H50. The molecule has 0 aliphatic carbocycles. The van der Waals surface area contributed by atoms with E-state index < -0.39 is 0 Å². The molecule has 0 aliphatic rings. The summed E-state index contributed by atoms with van der Waals surface area (Å²) in [7, 11) is 0. The summed E-state index contributed by atoms with van der Waals surface area (Å²) in [6, 6.07) is 7.12. The topological polar surface area (TPSA) is 0 Å². The first-order valence-electron chi connectivity index (χ1n) is 12.9. The molecule has 1 aromatic rings. The van der Waals surface area contributed by atoms with Crippen molar-refractivity contribution in [1.82, 2.24) is 0 Å². The predicted octanol–water partition coefficient (Wildman–Crippen LogP) is 9.62. The fourth-order valence-electron chi connectivity index (χ4n) is 4.51. The van der Waals surface area contributed by atoms with E-state index in [4.69, 9.17) is 0 Å². The highest BCUT2D eigenvalue weighted by Gasteiger charge is 2.07. The highest BCUT2D eigenvalue weighted by Crippen LogP contribution is 2.21. The van der Waals surface area contributed by atoms with Gasteiger partial charge >= 0.3 is 0 Å². The lowest BCUT2D eigenvalue weighted by molar-refractivity contribution is 0.573. The molecule has 0 heterocycles. The van der Waals surface area contributed by atoms with Gasteiger partial charge in [-0.3, -0.25) is 0 Å². The standard InChI is InChI=1S/C28H50/c1-4-7-9-11-13-15-17-19-22-26-24-21-25-27(28(26)6-3)23-20-18-16-14-12-10-8-5-2/h21,24-25H,4-20,22-23H2,1-3H3. The minimum atomic E-state index is 1.21. The predicted molar refractivity (Wildman–Crippen MR) is 128 cm³/mol. The number of hydrogen-bond acceptors (Lipinski definition) is 0. The number of unbranched alkanes of at least 4 members (excludes halogenated alkanes) is 14. The van der Waals surface area contributed by atoms with Crippen LogP contribution in [0.2, 0.25) is 0 Å². The van der Waals surface area contributed by atoms with Crippen LogP contribution in [-0.4, -0.2) is 0 Å². The van der Waals surface area contributed by atoms with E-state index in [1.165, 1.54) is 122 Å². The van der Waals surface area contributed by atoms with Gasteiger partial charge in [-0.2, -0.15) is 0 Å². The first-order chi connectivity index (χ1) is 13.8. The molecule has 0 bridgehead atoms. The quantitative estimate of drug-likeness (QED) is 0.208. The minimum Gasteiger partial charge on any atom is -0.0654 e. The van der Waals surface area contributed by atoms with Crippen molar-refractivity contribution in [3.63, 3.8) is 0 Å². The first kappa shape index (κ1) is 25.3. The van der Waals surface area contributed by atoms with Gasteiger partial charge in [-0.25, -0.2) is 0 Å². The molecule has 0 unspecified atom stereocenters. The van der Waals surface area contributed by atoms with Crippen LogP contribution < -0.4 is 0 Å². The average molecular weight is 387 g/mol. The van der Waals surface area contributed by atoms with E-state index in [-0.39, 0.29) is 0 Å². The minimum absolute atomic E-state index is 1.21. The third-order valence-electron chi connectivity index (χ3n) is 6.32. The van der Waals surface area contributed by atoms with Gasteiger partial charge in [0, 0.05) is 0 Å². The Morgan fingerprint density at radius 2 is 0.821 bits per heavy atom. The van der Waals surface area contributed by atoms with E-state index in [0.717, 1.165) is 0 Å². The van der Waals surface area contributed by atoms with Crippen molar-refractivity contribution in [2.24, 2.45) is 0 Å². The molecule has 0 spiro atoms. The van der Waals surface area contributed by atoms with Crippen LogP contribution >= 0.6 is 0 Å². The van der Waals surface area contributed by atoms with E-state index in [1.807, 2.05) is 0 Å². The van der Waals surface area contributed by atoms with E-state index in [2.05, 4.69) is 39.0 Å². The zero-order valence-corrected chi connectivity index (χ0v) is 19.7.